The number of rotatable bonds is 5. The molecule has 1 aromatic heterocycles. The second kappa shape index (κ2) is 7.44. The van der Waals surface area contributed by atoms with Crippen LogP contribution in [0.1, 0.15) is 34.5 Å². The van der Waals surface area contributed by atoms with E-state index < -0.39 is 5.97 Å². The maximum Gasteiger partial charge on any atom is 0.337 e. The van der Waals surface area contributed by atoms with Crippen LogP contribution in [0, 0.1) is 6.92 Å². The Labute approximate surface area is 172 Å². The van der Waals surface area contributed by atoms with Crippen molar-refractivity contribution in [2.45, 2.75) is 25.3 Å². The van der Waals surface area contributed by atoms with Crippen molar-refractivity contribution in [2.75, 3.05) is 23.3 Å². The van der Waals surface area contributed by atoms with E-state index >= 15 is 0 Å². The van der Waals surface area contributed by atoms with Gasteiger partial charge < -0.3 is 19.7 Å². The molecule has 7 heteroatoms. The number of nitrogens with zero attached hydrogens (tertiary/aromatic N) is 1. The number of benzene rings is 2. The molecule has 2 N–H and O–H groups in total. The lowest BCUT2D eigenvalue weighted by molar-refractivity contribution is 0.0698. The Kier molecular flexibility index (Phi) is 4.96. The van der Waals surface area contributed by atoms with Crippen LogP contribution < -0.4 is 15.6 Å². The highest BCUT2D eigenvalue weighted by molar-refractivity contribution is 6.22. The lowest BCUT2D eigenvalue weighted by Crippen LogP contribution is -2.48. The molecular weight excluding hydrogens is 392 g/mol. The van der Waals surface area contributed by atoms with Crippen molar-refractivity contribution >= 4 is 40.1 Å². The van der Waals surface area contributed by atoms with Crippen LogP contribution in [0.15, 0.2) is 51.7 Å². The normalized spacial score (nSPS) is 15.2. The van der Waals surface area contributed by atoms with E-state index in [4.69, 9.17) is 16.0 Å². The molecule has 4 rings (SSSR count). The smallest absolute Gasteiger partial charge is 0.337 e. The number of para-hydroxylation sites is 1. The summed E-state index contributed by atoms with van der Waals surface area (Å²) < 4.78 is 6.13. The van der Waals surface area contributed by atoms with Gasteiger partial charge in [0.05, 0.1) is 22.4 Å². The van der Waals surface area contributed by atoms with Crippen molar-refractivity contribution in [3.8, 4) is 0 Å². The summed E-state index contributed by atoms with van der Waals surface area (Å²) in [6, 6.07) is 11.7. The van der Waals surface area contributed by atoms with Gasteiger partial charge >= 0.3 is 5.97 Å². The molecule has 0 saturated carbocycles. The van der Waals surface area contributed by atoms with Gasteiger partial charge in [-0.3, -0.25) is 4.79 Å². The fourth-order valence-electron chi connectivity index (χ4n) is 3.61. The minimum absolute atomic E-state index is 0.0570. The number of hydrogen-bond acceptors (Lipinski definition) is 5. The van der Waals surface area contributed by atoms with Gasteiger partial charge in [0.25, 0.3) is 0 Å². The Morgan fingerprint density at radius 2 is 2.00 bits per heavy atom. The molecule has 1 aliphatic heterocycles. The first-order valence-electron chi connectivity index (χ1n) is 9.39. The summed E-state index contributed by atoms with van der Waals surface area (Å²) in [7, 11) is 0. The first kappa shape index (κ1) is 19.3. The number of carboxylic acids is 1. The Hall–Kier alpha value is -2.99. The van der Waals surface area contributed by atoms with E-state index in [9.17, 15) is 14.7 Å². The van der Waals surface area contributed by atoms with Crippen molar-refractivity contribution in [3.63, 3.8) is 0 Å². The van der Waals surface area contributed by atoms with E-state index in [0.717, 1.165) is 11.1 Å². The van der Waals surface area contributed by atoms with Gasteiger partial charge in [-0.15, -0.1) is 11.6 Å². The number of aromatic carboxylic acids is 1. The minimum atomic E-state index is -1.00. The summed E-state index contributed by atoms with van der Waals surface area (Å²) in [5.41, 5.74) is 2.81. The van der Waals surface area contributed by atoms with E-state index in [-0.39, 0.29) is 22.4 Å². The second-order valence-electron chi connectivity index (χ2n) is 7.40. The third kappa shape index (κ3) is 3.68. The standard InChI is InChI=1S/C22H21ClN2O4/c1-12-7-16(13(2)24-18-6-4-3-5-15(18)22(27)28)21-17(8-12)19(26)9-20(29-21)25-10-14(23)11-25/h3-9,13-14,24H,10-11H2,1-2H3,(H,27,28)/t13-/m1/s1. The Morgan fingerprint density at radius 3 is 2.69 bits per heavy atom. The largest absolute Gasteiger partial charge is 0.478 e. The predicted octanol–water partition coefficient (Wildman–Crippen LogP) is 4.40. The van der Waals surface area contributed by atoms with Crippen LogP contribution in [-0.2, 0) is 0 Å². The lowest BCUT2D eigenvalue weighted by Gasteiger charge is -2.36. The van der Waals surface area contributed by atoms with E-state index in [1.807, 2.05) is 30.9 Å². The van der Waals surface area contributed by atoms with Crippen molar-refractivity contribution in [1.29, 1.82) is 0 Å². The van der Waals surface area contributed by atoms with Gasteiger partial charge in [0.1, 0.15) is 5.58 Å². The van der Waals surface area contributed by atoms with Crippen molar-refractivity contribution in [2.24, 2.45) is 0 Å². The van der Waals surface area contributed by atoms with Gasteiger partial charge in [0.15, 0.2) is 11.3 Å². The summed E-state index contributed by atoms with van der Waals surface area (Å²) in [5, 5.41) is 13.3. The summed E-state index contributed by atoms with van der Waals surface area (Å²) >= 11 is 6.07. The minimum Gasteiger partial charge on any atom is -0.478 e. The SMILES string of the molecule is Cc1cc([C@@H](C)Nc2ccccc2C(=O)O)c2oc(N3CC(Cl)C3)cc(=O)c2c1. The van der Waals surface area contributed by atoms with E-state index in [1.54, 1.807) is 24.3 Å². The molecule has 150 valence electrons. The summed E-state index contributed by atoms with van der Waals surface area (Å²) in [6.45, 7) is 5.10. The molecular formula is C22H21ClN2O4. The molecule has 0 amide bonds. The molecule has 0 aliphatic carbocycles. The predicted molar refractivity (Wildman–Crippen MR) is 115 cm³/mol. The van der Waals surface area contributed by atoms with Gasteiger partial charge in [-0.25, -0.2) is 4.79 Å². The highest BCUT2D eigenvalue weighted by Gasteiger charge is 2.27. The van der Waals surface area contributed by atoms with Gasteiger partial charge in [0, 0.05) is 30.4 Å². The van der Waals surface area contributed by atoms with Crippen LogP contribution in [0.2, 0.25) is 0 Å². The maximum absolute atomic E-state index is 12.7. The van der Waals surface area contributed by atoms with Gasteiger partial charge in [-0.2, -0.15) is 0 Å². The fraction of sp³-hybridized carbons (Fsp3) is 0.273. The number of hydrogen-bond donors (Lipinski definition) is 2. The molecule has 0 spiro atoms. The topological polar surface area (TPSA) is 82.8 Å². The van der Waals surface area contributed by atoms with Crippen molar-refractivity contribution < 1.29 is 14.3 Å². The zero-order valence-electron chi connectivity index (χ0n) is 16.1. The molecule has 0 bridgehead atoms. The molecule has 0 radical (unpaired) electrons. The summed E-state index contributed by atoms with van der Waals surface area (Å²) in [4.78, 5) is 26.2. The van der Waals surface area contributed by atoms with Crippen LogP contribution in [0.4, 0.5) is 11.6 Å². The number of aryl methyl sites for hydroxylation is 1. The number of carboxylic acid groups (broad SMARTS) is 1. The molecule has 0 unspecified atom stereocenters. The van der Waals surface area contributed by atoms with Crippen LogP contribution in [0.3, 0.4) is 0 Å². The van der Waals surface area contributed by atoms with Crippen LogP contribution in [-0.4, -0.2) is 29.5 Å². The fourth-order valence-corrected chi connectivity index (χ4v) is 3.94. The number of halogens is 1. The number of carbonyl (C=O) groups is 1. The second-order valence-corrected chi connectivity index (χ2v) is 8.02. The number of nitrogens with one attached hydrogen (secondary N) is 1. The summed E-state index contributed by atoms with van der Waals surface area (Å²) in [6.07, 6.45) is 0. The van der Waals surface area contributed by atoms with E-state index in [0.29, 0.717) is 35.6 Å². The van der Waals surface area contributed by atoms with Crippen LogP contribution in [0.25, 0.3) is 11.0 Å². The lowest BCUT2D eigenvalue weighted by atomic mass is 10.0. The van der Waals surface area contributed by atoms with Gasteiger partial charge in [-0.05, 0) is 37.6 Å². The van der Waals surface area contributed by atoms with Crippen LogP contribution in [0.5, 0.6) is 0 Å². The van der Waals surface area contributed by atoms with Crippen LogP contribution >= 0.6 is 11.6 Å². The third-order valence-corrected chi connectivity index (χ3v) is 5.41. The highest BCUT2D eigenvalue weighted by atomic mass is 35.5. The molecule has 1 atom stereocenters. The first-order chi connectivity index (χ1) is 13.8. The zero-order valence-corrected chi connectivity index (χ0v) is 16.9. The van der Waals surface area contributed by atoms with E-state index in [2.05, 4.69) is 5.32 Å². The van der Waals surface area contributed by atoms with E-state index in [1.165, 1.54) is 6.07 Å². The maximum atomic E-state index is 12.7. The molecule has 29 heavy (non-hydrogen) atoms. The highest BCUT2D eigenvalue weighted by Crippen LogP contribution is 2.32. The Bertz CT molecular complexity index is 1150. The Balaban J connectivity index is 1.78. The van der Waals surface area contributed by atoms with Gasteiger partial charge in [0.2, 0.25) is 0 Å². The molecule has 3 aromatic rings. The first-order valence-corrected chi connectivity index (χ1v) is 9.83. The Morgan fingerprint density at radius 1 is 1.28 bits per heavy atom. The summed E-state index contributed by atoms with van der Waals surface area (Å²) in [5.74, 6) is -0.501. The van der Waals surface area contributed by atoms with Gasteiger partial charge in [-0.1, -0.05) is 18.2 Å². The monoisotopic (exact) mass is 412 g/mol. The molecule has 2 aromatic carbocycles. The number of fused-ring (bicyclic) bond motifs is 1. The molecule has 1 fully saturated rings. The zero-order chi connectivity index (χ0) is 20.7. The van der Waals surface area contributed by atoms with Crippen molar-refractivity contribution in [3.05, 3.63) is 69.4 Å². The average Bonchev–Trinajstić information content (AvgIpc) is 2.65. The molecule has 6 nitrogen and oxygen atoms in total. The molecule has 1 saturated heterocycles. The number of alkyl halides is 1. The van der Waals surface area contributed by atoms with Crippen molar-refractivity contribution in [1.82, 2.24) is 0 Å². The number of anilines is 2. The third-order valence-electron chi connectivity index (χ3n) is 5.13. The average molecular weight is 413 g/mol. The molecule has 1 aliphatic rings. The quantitative estimate of drug-likeness (QED) is 0.604. The molecule has 2 heterocycles.